The summed E-state index contributed by atoms with van der Waals surface area (Å²) >= 11 is 6.09. The van der Waals surface area contributed by atoms with Crippen LogP contribution in [0.2, 0.25) is 5.02 Å². The predicted molar refractivity (Wildman–Crippen MR) is 115 cm³/mol. The maximum Gasteiger partial charge on any atom is 0.241 e. The SMILES string of the molecule is CC(=O)NCC(=O)N1CCC2(CC1)C(=O)N(c1ccccc1)C2c1ccc(Cl)cc1. The highest BCUT2D eigenvalue weighted by atomic mass is 35.5. The summed E-state index contributed by atoms with van der Waals surface area (Å²) in [6.07, 6.45) is 1.18. The third kappa shape index (κ3) is 3.56. The highest BCUT2D eigenvalue weighted by molar-refractivity contribution is 6.30. The first kappa shape index (κ1) is 20.4. The topological polar surface area (TPSA) is 69.7 Å². The number of nitrogens with one attached hydrogen (secondary N) is 1. The number of anilines is 1. The number of nitrogens with zero attached hydrogens (tertiary/aromatic N) is 2. The van der Waals surface area contributed by atoms with E-state index in [1.807, 2.05) is 59.5 Å². The van der Waals surface area contributed by atoms with Gasteiger partial charge in [-0.1, -0.05) is 41.9 Å². The van der Waals surface area contributed by atoms with Crippen molar-refractivity contribution in [2.24, 2.45) is 5.41 Å². The van der Waals surface area contributed by atoms with Crippen LogP contribution in [0.25, 0.3) is 0 Å². The highest BCUT2D eigenvalue weighted by Gasteiger charge is 2.62. The summed E-state index contributed by atoms with van der Waals surface area (Å²) in [4.78, 5) is 40.5. The van der Waals surface area contributed by atoms with Crippen molar-refractivity contribution in [3.8, 4) is 0 Å². The van der Waals surface area contributed by atoms with Crippen LogP contribution in [-0.4, -0.2) is 42.3 Å². The number of benzene rings is 2. The van der Waals surface area contributed by atoms with Crippen molar-refractivity contribution in [1.29, 1.82) is 0 Å². The number of para-hydroxylation sites is 1. The van der Waals surface area contributed by atoms with Gasteiger partial charge < -0.3 is 15.1 Å². The first-order chi connectivity index (χ1) is 14.4. The van der Waals surface area contributed by atoms with Gasteiger partial charge in [0.25, 0.3) is 0 Å². The lowest BCUT2D eigenvalue weighted by molar-refractivity contribution is -0.149. The molecule has 3 amide bonds. The van der Waals surface area contributed by atoms with E-state index >= 15 is 0 Å². The fourth-order valence-corrected chi connectivity index (χ4v) is 4.70. The van der Waals surface area contributed by atoms with Gasteiger partial charge in [-0.2, -0.15) is 0 Å². The molecule has 30 heavy (non-hydrogen) atoms. The van der Waals surface area contributed by atoms with Crippen LogP contribution in [0, 0.1) is 5.41 Å². The molecule has 2 saturated heterocycles. The zero-order valence-electron chi connectivity index (χ0n) is 16.8. The van der Waals surface area contributed by atoms with E-state index in [4.69, 9.17) is 11.6 Å². The minimum atomic E-state index is -0.533. The number of piperidine rings is 1. The van der Waals surface area contributed by atoms with Gasteiger partial charge in [0.1, 0.15) is 0 Å². The smallest absolute Gasteiger partial charge is 0.241 e. The zero-order chi connectivity index (χ0) is 21.3. The number of hydrogen-bond acceptors (Lipinski definition) is 3. The molecular formula is C23H24ClN3O3. The Kier molecular flexibility index (Phi) is 5.52. The number of β-lactam (4-membered cyclic amide) rings is 1. The summed E-state index contributed by atoms with van der Waals surface area (Å²) in [6, 6.07) is 17.2. The normalized spacial score (nSPS) is 20.1. The molecule has 1 spiro atoms. The summed E-state index contributed by atoms with van der Waals surface area (Å²) in [5, 5.41) is 3.21. The second-order valence-corrected chi connectivity index (χ2v) is 8.35. The molecule has 2 fully saturated rings. The first-order valence-corrected chi connectivity index (χ1v) is 10.5. The fraction of sp³-hybridized carbons (Fsp3) is 0.348. The number of likely N-dealkylation sites (tertiary alicyclic amines) is 1. The van der Waals surface area contributed by atoms with Crippen LogP contribution in [0.5, 0.6) is 0 Å². The Morgan fingerprint density at radius 1 is 1.07 bits per heavy atom. The van der Waals surface area contributed by atoms with Gasteiger partial charge in [-0.15, -0.1) is 0 Å². The van der Waals surface area contributed by atoms with E-state index in [9.17, 15) is 14.4 Å². The lowest BCUT2D eigenvalue weighted by atomic mass is 9.62. The van der Waals surface area contributed by atoms with Crippen molar-refractivity contribution >= 4 is 35.0 Å². The Labute approximate surface area is 180 Å². The average molecular weight is 426 g/mol. The molecule has 0 saturated carbocycles. The Balaban J connectivity index is 1.58. The van der Waals surface area contributed by atoms with E-state index in [1.54, 1.807) is 4.90 Å². The number of rotatable bonds is 4. The third-order valence-electron chi connectivity index (χ3n) is 6.14. The van der Waals surface area contributed by atoms with Gasteiger partial charge in [0.15, 0.2) is 0 Å². The standard InChI is InChI=1S/C23H24ClN3O3/c1-16(28)25-15-20(29)26-13-11-23(12-14-26)21(17-7-9-18(24)10-8-17)27(22(23)30)19-5-3-2-4-6-19/h2-10,21H,11-15H2,1H3,(H,25,28). The van der Waals surface area contributed by atoms with Gasteiger partial charge in [-0.25, -0.2) is 0 Å². The molecule has 0 aliphatic carbocycles. The van der Waals surface area contributed by atoms with E-state index in [0.717, 1.165) is 11.3 Å². The molecule has 0 bridgehead atoms. The molecule has 2 aromatic rings. The third-order valence-corrected chi connectivity index (χ3v) is 6.40. The van der Waals surface area contributed by atoms with Crippen LogP contribution in [0.15, 0.2) is 54.6 Å². The Bertz CT molecular complexity index is 953. The molecule has 1 N–H and O–H groups in total. The molecule has 2 aliphatic heterocycles. The maximum absolute atomic E-state index is 13.4. The number of amides is 3. The zero-order valence-corrected chi connectivity index (χ0v) is 17.6. The largest absolute Gasteiger partial charge is 0.347 e. The van der Waals surface area contributed by atoms with Gasteiger partial charge in [0, 0.05) is 30.7 Å². The van der Waals surface area contributed by atoms with Crippen molar-refractivity contribution < 1.29 is 14.4 Å². The van der Waals surface area contributed by atoms with Crippen molar-refractivity contribution in [3.63, 3.8) is 0 Å². The molecule has 4 rings (SSSR count). The van der Waals surface area contributed by atoms with Gasteiger partial charge in [-0.05, 0) is 42.7 Å². The highest BCUT2D eigenvalue weighted by Crippen LogP contribution is 2.57. The molecule has 2 aliphatic rings. The van der Waals surface area contributed by atoms with Crippen molar-refractivity contribution in [2.45, 2.75) is 25.8 Å². The molecule has 2 heterocycles. The Hall–Kier alpha value is -2.86. The number of carbonyl (C=O) groups is 3. The molecule has 1 atom stereocenters. The molecule has 6 nitrogen and oxygen atoms in total. The van der Waals surface area contributed by atoms with Crippen molar-refractivity contribution in [1.82, 2.24) is 10.2 Å². The van der Waals surface area contributed by atoms with E-state index in [-0.39, 0.29) is 30.3 Å². The second-order valence-electron chi connectivity index (χ2n) is 7.91. The van der Waals surface area contributed by atoms with E-state index in [0.29, 0.717) is 31.0 Å². The van der Waals surface area contributed by atoms with Crippen LogP contribution < -0.4 is 10.2 Å². The molecule has 7 heteroatoms. The molecule has 0 radical (unpaired) electrons. The van der Waals surface area contributed by atoms with E-state index in [2.05, 4.69) is 5.32 Å². The second kappa shape index (κ2) is 8.11. The molecule has 156 valence electrons. The Morgan fingerprint density at radius 3 is 2.30 bits per heavy atom. The van der Waals surface area contributed by atoms with Gasteiger partial charge in [-0.3, -0.25) is 14.4 Å². The van der Waals surface area contributed by atoms with Crippen molar-refractivity contribution in [2.75, 3.05) is 24.5 Å². The summed E-state index contributed by atoms with van der Waals surface area (Å²) in [5.74, 6) is -0.246. The summed E-state index contributed by atoms with van der Waals surface area (Å²) in [7, 11) is 0. The minimum absolute atomic E-state index is 0.00691. The number of halogens is 1. The van der Waals surface area contributed by atoms with Gasteiger partial charge in [0.2, 0.25) is 17.7 Å². The van der Waals surface area contributed by atoms with Gasteiger partial charge >= 0.3 is 0 Å². The van der Waals surface area contributed by atoms with Crippen LogP contribution in [-0.2, 0) is 14.4 Å². The average Bonchev–Trinajstić information content (AvgIpc) is 2.77. The Morgan fingerprint density at radius 2 is 1.70 bits per heavy atom. The summed E-state index contributed by atoms with van der Waals surface area (Å²) in [6.45, 7) is 2.38. The van der Waals surface area contributed by atoms with Crippen LogP contribution in [0.4, 0.5) is 5.69 Å². The van der Waals surface area contributed by atoms with Crippen LogP contribution >= 0.6 is 11.6 Å². The van der Waals surface area contributed by atoms with E-state index in [1.165, 1.54) is 6.92 Å². The lowest BCUT2D eigenvalue weighted by Crippen LogP contribution is -2.67. The number of hydrogen-bond donors (Lipinski definition) is 1. The maximum atomic E-state index is 13.4. The predicted octanol–water partition coefficient (Wildman–Crippen LogP) is 3.17. The first-order valence-electron chi connectivity index (χ1n) is 10.1. The quantitative estimate of drug-likeness (QED) is 0.765. The molecule has 1 unspecified atom stereocenters. The number of carbonyl (C=O) groups excluding carboxylic acids is 3. The van der Waals surface area contributed by atoms with Crippen LogP contribution in [0.1, 0.15) is 31.4 Å². The molecule has 2 aromatic carbocycles. The van der Waals surface area contributed by atoms with E-state index < -0.39 is 5.41 Å². The molecule has 0 aromatic heterocycles. The summed E-state index contributed by atoms with van der Waals surface area (Å²) < 4.78 is 0. The summed E-state index contributed by atoms with van der Waals surface area (Å²) in [5.41, 5.74) is 1.38. The lowest BCUT2D eigenvalue weighted by Gasteiger charge is -2.59. The van der Waals surface area contributed by atoms with Crippen molar-refractivity contribution in [3.05, 3.63) is 65.2 Å². The fourth-order valence-electron chi connectivity index (χ4n) is 4.58. The van der Waals surface area contributed by atoms with Gasteiger partial charge in [0.05, 0.1) is 18.0 Å². The van der Waals surface area contributed by atoms with Crippen LogP contribution in [0.3, 0.4) is 0 Å². The monoisotopic (exact) mass is 425 g/mol. The molecular weight excluding hydrogens is 402 g/mol. The minimum Gasteiger partial charge on any atom is -0.347 e.